The van der Waals surface area contributed by atoms with Crippen LogP contribution < -0.4 is 5.32 Å². The average molecular weight is 514 g/mol. The lowest BCUT2D eigenvalue weighted by atomic mass is 10.1. The molecule has 178 valence electrons. The summed E-state index contributed by atoms with van der Waals surface area (Å²) in [5, 5.41) is 11.5. The maximum atomic E-state index is 13.2. The number of aromatic nitrogens is 1. The molecule has 12 heteroatoms. The lowest BCUT2D eigenvalue weighted by Crippen LogP contribution is -2.29. The molecule has 2 fully saturated rings. The van der Waals surface area contributed by atoms with Gasteiger partial charge in [0.15, 0.2) is 21.1 Å². The molecule has 1 aromatic heterocycles. The number of hydrogen-bond donors (Lipinski definition) is 2. The molecule has 0 bridgehead atoms. The number of thiazole rings is 1. The molecule has 1 saturated carbocycles. The summed E-state index contributed by atoms with van der Waals surface area (Å²) in [5.41, 5.74) is 0.694. The maximum Gasteiger partial charge on any atom is 0.309 e. The van der Waals surface area contributed by atoms with Gasteiger partial charge in [-0.25, -0.2) is 13.4 Å². The van der Waals surface area contributed by atoms with Crippen molar-refractivity contribution in [3.63, 3.8) is 0 Å². The van der Waals surface area contributed by atoms with E-state index in [0.29, 0.717) is 24.9 Å². The van der Waals surface area contributed by atoms with Crippen molar-refractivity contribution in [3.05, 3.63) is 39.9 Å². The van der Waals surface area contributed by atoms with Gasteiger partial charge in [-0.05, 0) is 44.0 Å². The molecule has 1 saturated heterocycles. The van der Waals surface area contributed by atoms with Crippen LogP contribution in [0.3, 0.4) is 0 Å². The fourth-order valence-electron chi connectivity index (χ4n) is 3.70. The summed E-state index contributed by atoms with van der Waals surface area (Å²) in [5.74, 6) is -1.57. The molecule has 0 spiro atoms. The summed E-state index contributed by atoms with van der Waals surface area (Å²) in [6.45, 7) is 1.52. The number of halogens is 1. The van der Waals surface area contributed by atoms with E-state index in [9.17, 15) is 18.0 Å². The fraction of sp³-hybridized carbons (Fsp3) is 0.476. The van der Waals surface area contributed by atoms with Crippen molar-refractivity contribution in [2.24, 2.45) is 0 Å². The third kappa shape index (κ3) is 5.72. The summed E-state index contributed by atoms with van der Waals surface area (Å²) in [4.78, 5) is 30.6. The number of aliphatic carboxylic acids is 1. The van der Waals surface area contributed by atoms with Gasteiger partial charge in [0.05, 0.1) is 28.4 Å². The van der Waals surface area contributed by atoms with E-state index in [4.69, 9.17) is 21.4 Å². The number of amides is 1. The predicted octanol–water partition coefficient (Wildman–Crippen LogP) is 2.76. The molecule has 1 aliphatic carbocycles. The Morgan fingerprint density at radius 1 is 1.30 bits per heavy atom. The number of nitrogens with zero attached hydrogens (tertiary/aromatic N) is 2. The Hall–Kier alpha value is -2.05. The first-order valence-electron chi connectivity index (χ1n) is 10.5. The van der Waals surface area contributed by atoms with Crippen molar-refractivity contribution >= 4 is 49.8 Å². The van der Waals surface area contributed by atoms with Gasteiger partial charge in [-0.2, -0.15) is 0 Å². The van der Waals surface area contributed by atoms with Crippen molar-refractivity contribution in [2.75, 3.05) is 25.5 Å². The zero-order chi connectivity index (χ0) is 23.8. The largest absolute Gasteiger partial charge is 0.481 e. The Morgan fingerprint density at radius 2 is 2.00 bits per heavy atom. The van der Waals surface area contributed by atoms with Gasteiger partial charge >= 0.3 is 5.97 Å². The molecule has 2 atom stereocenters. The van der Waals surface area contributed by atoms with Gasteiger partial charge in [-0.3, -0.25) is 14.9 Å². The molecule has 2 N–H and O–H groups in total. The third-order valence-electron chi connectivity index (χ3n) is 5.59. The van der Waals surface area contributed by atoms with Crippen LogP contribution in [0, 0.1) is 0 Å². The summed E-state index contributed by atoms with van der Waals surface area (Å²) in [7, 11) is -1.37. The number of carboxylic acids is 1. The molecule has 0 radical (unpaired) electrons. The molecule has 1 amide bonds. The second kappa shape index (κ2) is 9.67. The van der Waals surface area contributed by atoms with Crippen LogP contribution in [0.15, 0.2) is 29.2 Å². The quantitative estimate of drug-likeness (QED) is 0.524. The van der Waals surface area contributed by atoms with E-state index in [1.54, 1.807) is 12.1 Å². The predicted molar refractivity (Wildman–Crippen MR) is 123 cm³/mol. The summed E-state index contributed by atoms with van der Waals surface area (Å²) in [6.07, 6.45) is 0.603. The minimum Gasteiger partial charge on any atom is -0.481 e. The number of carboxylic acid groups (broad SMARTS) is 1. The summed E-state index contributed by atoms with van der Waals surface area (Å²) >= 11 is 7.03. The Morgan fingerprint density at radius 3 is 2.58 bits per heavy atom. The van der Waals surface area contributed by atoms with Gasteiger partial charge < -0.3 is 14.7 Å². The Bertz CT molecular complexity index is 1150. The first kappa shape index (κ1) is 24.1. The number of carbonyl (C=O) groups is 2. The van der Waals surface area contributed by atoms with Gasteiger partial charge in [0.2, 0.25) is 0 Å². The van der Waals surface area contributed by atoms with Crippen molar-refractivity contribution < 1.29 is 27.9 Å². The SMILES string of the molecule is CN1CCC(OC(C(=O)Nc2nc(CC(=O)O)c(Cl)s2)c2ccc(S(=O)(=O)C3CC3)cc2)C1. The van der Waals surface area contributed by atoms with E-state index in [1.807, 2.05) is 7.05 Å². The molecular formula is C21H24ClN3O6S2. The molecule has 2 aliphatic rings. The topological polar surface area (TPSA) is 126 Å². The molecule has 1 aromatic carbocycles. The van der Waals surface area contributed by atoms with E-state index >= 15 is 0 Å². The van der Waals surface area contributed by atoms with E-state index in [-0.39, 0.29) is 37.8 Å². The van der Waals surface area contributed by atoms with E-state index in [0.717, 1.165) is 24.3 Å². The number of carbonyl (C=O) groups excluding carboxylic acids is 1. The smallest absolute Gasteiger partial charge is 0.309 e. The number of likely N-dealkylation sites (tertiary alicyclic amines) is 1. The highest BCUT2D eigenvalue weighted by Crippen LogP contribution is 2.35. The number of sulfone groups is 1. The summed E-state index contributed by atoms with van der Waals surface area (Å²) in [6, 6.07) is 6.23. The van der Waals surface area contributed by atoms with Crippen LogP contribution in [-0.4, -0.2) is 66.8 Å². The minimum atomic E-state index is -3.34. The lowest BCUT2D eigenvalue weighted by molar-refractivity contribution is -0.136. The zero-order valence-corrected chi connectivity index (χ0v) is 20.3. The van der Waals surface area contributed by atoms with Gasteiger partial charge in [0, 0.05) is 13.1 Å². The highest BCUT2D eigenvalue weighted by atomic mass is 35.5. The summed E-state index contributed by atoms with van der Waals surface area (Å²) < 4.78 is 31.3. The molecule has 2 unspecified atom stereocenters. The van der Waals surface area contributed by atoms with Crippen LogP contribution in [0.2, 0.25) is 4.34 Å². The highest BCUT2D eigenvalue weighted by molar-refractivity contribution is 7.92. The monoisotopic (exact) mass is 513 g/mol. The number of rotatable bonds is 9. The zero-order valence-electron chi connectivity index (χ0n) is 17.9. The van der Waals surface area contributed by atoms with Crippen LogP contribution in [0.25, 0.3) is 0 Å². The fourth-order valence-corrected chi connectivity index (χ4v) is 6.40. The number of ether oxygens (including phenoxy) is 1. The minimum absolute atomic E-state index is 0.164. The average Bonchev–Trinajstić information content (AvgIpc) is 3.46. The van der Waals surface area contributed by atoms with E-state index in [2.05, 4.69) is 15.2 Å². The van der Waals surface area contributed by atoms with Crippen LogP contribution in [-0.2, 0) is 30.6 Å². The number of benzene rings is 1. The van der Waals surface area contributed by atoms with Crippen molar-refractivity contribution in [2.45, 2.75) is 48.0 Å². The molecule has 9 nitrogen and oxygen atoms in total. The first-order chi connectivity index (χ1) is 15.6. The van der Waals surface area contributed by atoms with Crippen molar-refractivity contribution in [1.82, 2.24) is 9.88 Å². The van der Waals surface area contributed by atoms with Crippen LogP contribution in [0.4, 0.5) is 5.13 Å². The van der Waals surface area contributed by atoms with Gasteiger partial charge in [-0.1, -0.05) is 35.1 Å². The normalized spacial score (nSPS) is 20.0. The third-order valence-corrected chi connectivity index (χ3v) is 9.12. The number of hydrogen-bond acceptors (Lipinski definition) is 8. The van der Waals surface area contributed by atoms with Crippen molar-refractivity contribution in [1.29, 1.82) is 0 Å². The molecule has 33 heavy (non-hydrogen) atoms. The second-order valence-electron chi connectivity index (χ2n) is 8.30. The molecule has 1 aliphatic heterocycles. The first-order valence-corrected chi connectivity index (χ1v) is 13.2. The Balaban J connectivity index is 1.55. The number of likely N-dealkylation sites (N-methyl/N-ethyl adjacent to an activating group) is 1. The van der Waals surface area contributed by atoms with Gasteiger partial charge in [0.1, 0.15) is 4.34 Å². The van der Waals surface area contributed by atoms with Gasteiger partial charge in [0.25, 0.3) is 5.91 Å². The van der Waals surface area contributed by atoms with E-state index in [1.165, 1.54) is 12.1 Å². The Kier molecular flexibility index (Phi) is 7.06. The van der Waals surface area contributed by atoms with Gasteiger partial charge in [-0.15, -0.1) is 0 Å². The maximum absolute atomic E-state index is 13.2. The molecule has 2 aromatic rings. The van der Waals surface area contributed by atoms with E-state index < -0.39 is 27.8 Å². The number of nitrogens with one attached hydrogen (secondary N) is 1. The molecule has 2 heterocycles. The highest BCUT2D eigenvalue weighted by Gasteiger charge is 2.37. The Labute approximate surface area is 200 Å². The number of anilines is 1. The standard InChI is InChI=1S/C21H24ClN3O6S2/c1-25-9-8-13(11-25)31-18(12-2-4-14(5-3-12)33(29,30)15-6-7-15)20(28)24-21-23-16(10-17(26)27)19(22)32-21/h2-5,13,15,18H,6-11H2,1H3,(H,26,27)(H,23,24,28). The lowest BCUT2D eigenvalue weighted by Gasteiger charge is -2.22. The second-order valence-corrected chi connectivity index (χ2v) is 12.1. The van der Waals surface area contributed by atoms with Crippen molar-refractivity contribution in [3.8, 4) is 0 Å². The van der Waals surface area contributed by atoms with Crippen LogP contribution >= 0.6 is 22.9 Å². The van der Waals surface area contributed by atoms with Crippen LogP contribution in [0.1, 0.15) is 36.6 Å². The molecular weight excluding hydrogens is 490 g/mol. The molecule has 4 rings (SSSR count). The van der Waals surface area contributed by atoms with Crippen LogP contribution in [0.5, 0.6) is 0 Å².